The second kappa shape index (κ2) is 7.76. The average molecular weight is 377 g/mol. The van der Waals surface area contributed by atoms with Crippen LogP contribution < -0.4 is 10.7 Å². The zero-order valence-electron chi connectivity index (χ0n) is 14.8. The molecule has 1 aromatic heterocycles. The lowest BCUT2D eigenvalue weighted by molar-refractivity contribution is -0.133. The number of carbonyl (C=O) groups excluding carboxylic acids is 1. The van der Waals surface area contributed by atoms with Crippen molar-refractivity contribution in [1.29, 1.82) is 0 Å². The van der Waals surface area contributed by atoms with Crippen molar-refractivity contribution in [2.45, 2.75) is 32.2 Å². The van der Waals surface area contributed by atoms with Gasteiger partial charge in [0.25, 0.3) is 0 Å². The first-order valence-corrected chi connectivity index (χ1v) is 9.10. The molecule has 7 heteroatoms. The van der Waals surface area contributed by atoms with E-state index in [2.05, 4.69) is 10.4 Å². The average Bonchev–Trinajstić information content (AvgIpc) is 3.10. The molecule has 26 heavy (non-hydrogen) atoms. The van der Waals surface area contributed by atoms with E-state index in [1.807, 2.05) is 23.1 Å². The molecular weight excluding hydrogens is 352 g/mol. The molecule has 0 radical (unpaired) electrons. The van der Waals surface area contributed by atoms with E-state index in [1.54, 1.807) is 10.7 Å². The summed E-state index contributed by atoms with van der Waals surface area (Å²) in [5.74, 6) is 0.186. The molecule has 2 fully saturated rings. The maximum Gasteiger partial charge on any atom is 0.224 e. The Labute approximate surface area is 159 Å². The van der Waals surface area contributed by atoms with E-state index >= 15 is 0 Å². The number of halogens is 1. The van der Waals surface area contributed by atoms with E-state index in [0.29, 0.717) is 23.8 Å². The molecule has 2 saturated heterocycles. The lowest BCUT2D eigenvalue weighted by Crippen LogP contribution is -2.44. The van der Waals surface area contributed by atoms with Crippen molar-refractivity contribution >= 4 is 29.2 Å². The fourth-order valence-corrected chi connectivity index (χ4v) is 4.15. The van der Waals surface area contributed by atoms with Crippen molar-refractivity contribution in [1.82, 2.24) is 20.0 Å². The molecule has 0 unspecified atom stereocenters. The highest BCUT2D eigenvalue weighted by Crippen LogP contribution is 2.36. The number of hydrogen-bond donors (Lipinski definition) is 1. The van der Waals surface area contributed by atoms with Crippen LogP contribution in [0.4, 0.5) is 0 Å². The van der Waals surface area contributed by atoms with Crippen LogP contribution in [0, 0.1) is 5.41 Å². The van der Waals surface area contributed by atoms with Crippen LogP contribution in [0.25, 0.3) is 10.9 Å². The van der Waals surface area contributed by atoms with Gasteiger partial charge < -0.3 is 10.2 Å². The minimum Gasteiger partial charge on any atom is -0.343 e. The fourth-order valence-electron chi connectivity index (χ4n) is 4.15. The van der Waals surface area contributed by atoms with E-state index in [1.165, 1.54) is 12.6 Å². The Balaban J connectivity index is 0.00000196. The van der Waals surface area contributed by atoms with Gasteiger partial charge in [-0.3, -0.25) is 14.3 Å². The van der Waals surface area contributed by atoms with Crippen LogP contribution in [0.1, 0.15) is 25.7 Å². The van der Waals surface area contributed by atoms with Gasteiger partial charge in [-0.1, -0.05) is 12.1 Å². The number of rotatable bonds is 3. The normalized spacial score (nSPS) is 18.8. The van der Waals surface area contributed by atoms with Gasteiger partial charge in [-0.25, -0.2) is 0 Å². The van der Waals surface area contributed by atoms with Gasteiger partial charge in [0.1, 0.15) is 0 Å². The molecule has 4 rings (SSSR count). The third-order valence-electron chi connectivity index (χ3n) is 5.81. The van der Waals surface area contributed by atoms with Crippen LogP contribution in [-0.4, -0.2) is 46.8 Å². The predicted octanol–water partition coefficient (Wildman–Crippen LogP) is 1.81. The summed E-state index contributed by atoms with van der Waals surface area (Å²) in [6.07, 6.45) is 5.20. The topological polar surface area (TPSA) is 67.2 Å². The van der Waals surface area contributed by atoms with Crippen molar-refractivity contribution in [2.24, 2.45) is 5.41 Å². The molecule has 1 aromatic carbocycles. The number of amides is 1. The van der Waals surface area contributed by atoms with Gasteiger partial charge in [0.15, 0.2) is 0 Å². The van der Waals surface area contributed by atoms with Gasteiger partial charge in [-0.2, -0.15) is 5.10 Å². The molecule has 1 amide bonds. The Hall–Kier alpha value is -1.92. The number of nitrogens with zero attached hydrogens (tertiary/aromatic N) is 3. The third kappa shape index (κ3) is 3.62. The van der Waals surface area contributed by atoms with Gasteiger partial charge in [-0.15, -0.1) is 12.4 Å². The van der Waals surface area contributed by atoms with Crippen LogP contribution in [0.5, 0.6) is 0 Å². The monoisotopic (exact) mass is 376 g/mol. The van der Waals surface area contributed by atoms with E-state index in [-0.39, 0.29) is 23.7 Å². The number of fused-ring (bicyclic) bond motifs is 1. The van der Waals surface area contributed by atoms with Crippen molar-refractivity contribution in [3.05, 3.63) is 40.7 Å². The molecule has 2 aliphatic heterocycles. The summed E-state index contributed by atoms with van der Waals surface area (Å²) < 4.78 is 1.76. The first-order chi connectivity index (χ1) is 12.2. The summed E-state index contributed by atoms with van der Waals surface area (Å²) in [5.41, 5.74) is 1.13. The number of benzene rings is 1. The first-order valence-electron chi connectivity index (χ1n) is 9.10. The maximum absolute atomic E-state index is 12.6. The molecule has 2 aliphatic rings. The van der Waals surface area contributed by atoms with Crippen molar-refractivity contribution in [3.63, 3.8) is 0 Å². The van der Waals surface area contributed by atoms with E-state index < -0.39 is 0 Å². The Morgan fingerprint density at radius 3 is 2.69 bits per heavy atom. The molecule has 2 aromatic rings. The molecule has 0 atom stereocenters. The number of para-hydroxylation sites is 1. The highest BCUT2D eigenvalue weighted by Gasteiger charge is 2.37. The molecule has 0 aliphatic carbocycles. The number of aryl methyl sites for hydroxylation is 1. The zero-order valence-corrected chi connectivity index (χ0v) is 15.6. The molecule has 3 heterocycles. The Morgan fingerprint density at radius 2 is 1.96 bits per heavy atom. The Kier molecular flexibility index (Phi) is 5.63. The minimum absolute atomic E-state index is 0. The van der Waals surface area contributed by atoms with Gasteiger partial charge >= 0.3 is 0 Å². The minimum atomic E-state index is -0.0790. The Bertz CT molecular complexity index is 835. The highest BCUT2D eigenvalue weighted by atomic mass is 35.5. The molecule has 1 N–H and O–H groups in total. The van der Waals surface area contributed by atoms with Gasteiger partial charge in [0.05, 0.1) is 18.3 Å². The number of likely N-dealkylation sites (tertiary alicyclic amines) is 1. The summed E-state index contributed by atoms with van der Waals surface area (Å²) in [4.78, 5) is 26.5. The quantitative estimate of drug-likeness (QED) is 0.887. The lowest BCUT2D eigenvalue weighted by Gasteiger charge is -2.39. The van der Waals surface area contributed by atoms with E-state index in [9.17, 15) is 9.59 Å². The predicted molar refractivity (Wildman–Crippen MR) is 104 cm³/mol. The number of nitrogens with one attached hydrogen (secondary N) is 1. The van der Waals surface area contributed by atoms with Crippen molar-refractivity contribution in [2.75, 3.05) is 26.2 Å². The SMILES string of the molecule is Cl.O=C(CCn1ncc(=O)c2ccccc21)N1CCC2(CCNC2)CC1. The molecular formula is C19H25ClN4O2. The number of piperidine rings is 1. The summed E-state index contributed by atoms with van der Waals surface area (Å²) >= 11 is 0. The zero-order chi connectivity index (χ0) is 17.3. The number of aromatic nitrogens is 2. The number of hydrogen-bond acceptors (Lipinski definition) is 4. The van der Waals surface area contributed by atoms with Crippen LogP contribution in [0.2, 0.25) is 0 Å². The molecule has 1 spiro atoms. The van der Waals surface area contributed by atoms with Crippen molar-refractivity contribution in [3.8, 4) is 0 Å². The van der Waals surface area contributed by atoms with Crippen LogP contribution in [-0.2, 0) is 11.3 Å². The van der Waals surface area contributed by atoms with Crippen LogP contribution in [0.15, 0.2) is 35.3 Å². The lowest BCUT2D eigenvalue weighted by atomic mass is 9.78. The summed E-state index contributed by atoms with van der Waals surface area (Å²) in [6.45, 7) is 4.43. The smallest absolute Gasteiger partial charge is 0.224 e. The van der Waals surface area contributed by atoms with E-state index in [4.69, 9.17) is 0 Å². The second-order valence-corrected chi connectivity index (χ2v) is 7.31. The van der Waals surface area contributed by atoms with Gasteiger partial charge in [0.2, 0.25) is 11.3 Å². The molecule has 140 valence electrons. The molecule has 6 nitrogen and oxygen atoms in total. The van der Waals surface area contributed by atoms with Crippen LogP contribution in [0.3, 0.4) is 0 Å². The molecule has 0 saturated carbocycles. The van der Waals surface area contributed by atoms with Gasteiger partial charge in [0, 0.05) is 31.4 Å². The standard InChI is InChI=1S/C19H24N4O2.ClH/c24-17-13-21-23(16-4-2-1-3-15(16)17)10-5-18(25)22-11-7-19(8-12-22)6-9-20-14-19;/h1-4,13,20H,5-12,14H2;1H. The first kappa shape index (κ1) is 18.9. The largest absolute Gasteiger partial charge is 0.343 e. The Morgan fingerprint density at radius 1 is 1.19 bits per heavy atom. The fraction of sp³-hybridized carbons (Fsp3) is 0.526. The summed E-state index contributed by atoms with van der Waals surface area (Å²) in [5, 5.41) is 8.31. The van der Waals surface area contributed by atoms with E-state index in [0.717, 1.165) is 44.5 Å². The van der Waals surface area contributed by atoms with Crippen molar-refractivity contribution < 1.29 is 4.79 Å². The molecule has 0 bridgehead atoms. The van der Waals surface area contributed by atoms with Crippen LogP contribution >= 0.6 is 12.4 Å². The highest BCUT2D eigenvalue weighted by molar-refractivity contribution is 5.85. The third-order valence-corrected chi connectivity index (χ3v) is 5.81. The summed E-state index contributed by atoms with van der Waals surface area (Å²) in [7, 11) is 0. The second-order valence-electron chi connectivity index (χ2n) is 7.31. The van der Waals surface area contributed by atoms with Gasteiger partial charge in [-0.05, 0) is 43.4 Å². The number of carbonyl (C=O) groups is 1. The maximum atomic E-state index is 12.6. The summed E-state index contributed by atoms with van der Waals surface area (Å²) in [6, 6.07) is 7.42.